The molecule has 132 valence electrons. The lowest BCUT2D eigenvalue weighted by molar-refractivity contribution is 0.103. The summed E-state index contributed by atoms with van der Waals surface area (Å²) in [5.74, 6) is -0.587. The number of aryl methyl sites for hydroxylation is 4. The predicted octanol–water partition coefficient (Wildman–Crippen LogP) is 4.21. The first kappa shape index (κ1) is 17.7. The molecule has 2 aromatic carbocycles. The summed E-state index contributed by atoms with van der Waals surface area (Å²) in [7, 11) is 0. The molecule has 26 heavy (non-hydrogen) atoms. The maximum absolute atomic E-state index is 12.9. The van der Waals surface area contributed by atoms with Gasteiger partial charge in [-0.3, -0.25) is 9.59 Å². The summed E-state index contributed by atoms with van der Waals surface area (Å²) in [5.41, 5.74) is 4.18. The molecule has 1 heterocycles. The number of benzene rings is 2. The summed E-state index contributed by atoms with van der Waals surface area (Å²) >= 11 is 0. The summed E-state index contributed by atoms with van der Waals surface area (Å²) in [6.45, 7) is 7.39. The molecule has 0 radical (unpaired) electrons. The fourth-order valence-electron chi connectivity index (χ4n) is 3.52. The van der Waals surface area contributed by atoms with Crippen molar-refractivity contribution < 1.29 is 9.90 Å². The average molecular weight is 347 g/mol. The van der Waals surface area contributed by atoms with Crippen molar-refractivity contribution in [3.63, 3.8) is 0 Å². The fourth-order valence-corrected chi connectivity index (χ4v) is 3.52. The predicted molar refractivity (Wildman–Crippen MR) is 103 cm³/mol. The molecule has 0 saturated carbocycles. The molecule has 1 aromatic heterocycles. The van der Waals surface area contributed by atoms with Gasteiger partial charge in [0.05, 0.1) is 11.1 Å². The van der Waals surface area contributed by atoms with Crippen molar-refractivity contribution in [2.75, 3.05) is 0 Å². The van der Waals surface area contributed by atoms with E-state index in [9.17, 15) is 14.7 Å². The van der Waals surface area contributed by atoms with Gasteiger partial charge in [0.25, 0.3) is 5.56 Å². The standard InChI is InChI=1S/C22H21NO3/c1-12-10-13(2)17(14(3)11-12)19-21(25)18(15(4)23-22(19)26)20(24)16-8-6-5-7-9-16/h5-11H,1-4H3,(H2,23,25,26). The van der Waals surface area contributed by atoms with Crippen molar-refractivity contribution in [1.82, 2.24) is 4.98 Å². The molecule has 0 saturated heterocycles. The van der Waals surface area contributed by atoms with Gasteiger partial charge in [-0.15, -0.1) is 0 Å². The van der Waals surface area contributed by atoms with Crippen LogP contribution in [-0.2, 0) is 0 Å². The number of carbonyl (C=O) groups is 1. The van der Waals surface area contributed by atoms with Crippen LogP contribution in [0.15, 0.2) is 47.3 Å². The molecule has 0 fully saturated rings. The highest BCUT2D eigenvalue weighted by molar-refractivity contribution is 6.12. The third kappa shape index (κ3) is 2.94. The monoisotopic (exact) mass is 347 g/mol. The number of hydrogen-bond donors (Lipinski definition) is 2. The Morgan fingerprint density at radius 1 is 0.923 bits per heavy atom. The van der Waals surface area contributed by atoms with Crippen molar-refractivity contribution in [2.45, 2.75) is 27.7 Å². The minimum atomic E-state index is -0.403. The zero-order chi connectivity index (χ0) is 19.0. The van der Waals surface area contributed by atoms with Crippen LogP contribution in [0.3, 0.4) is 0 Å². The number of H-pyrrole nitrogens is 1. The van der Waals surface area contributed by atoms with Crippen LogP contribution in [0.5, 0.6) is 5.75 Å². The fraction of sp³-hybridized carbons (Fsp3) is 0.182. The maximum Gasteiger partial charge on any atom is 0.259 e. The van der Waals surface area contributed by atoms with Crippen LogP contribution in [0.4, 0.5) is 0 Å². The van der Waals surface area contributed by atoms with Crippen LogP contribution in [0.1, 0.15) is 38.3 Å². The van der Waals surface area contributed by atoms with E-state index in [4.69, 9.17) is 0 Å². The van der Waals surface area contributed by atoms with E-state index in [1.165, 1.54) is 0 Å². The minimum absolute atomic E-state index is 0.130. The van der Waals surface area contributed by atoms with E-state index in [2.05, 4.69) is 4.98 Å². The van der Waals surface area contributed by atoms with Crippen LogP contribution >= 0.6 is 0 Å². The van der Waals surface area contributed by atoms with Gasteiger partial charge in [-0.2, -0.15) is 0 Å². The minimum Gasteiger partial charge on any atom is -0.506 e. The molecule has 3 rings (SSSR count). The van der Waals surface area contributed by atoms with Gasteiger partial charge in [-0.1, -0.05) is 48.0 Å². The number of hydrogen-bond acceptors (Lipinski definition) is 3. The maximum atomic E-state index is 12.9. The Labute approximate surface area is 152 Å². The quantitative estimate of drug-likeness (QED) is 0.697. The highest BCUT2D eigenvalue weighted by atomic mass is 16.3. The highest BCUT2D eigenvalue weighted by Crippen LogP contribution is 2.35. The number of ketones is 1. The smallest absolute Gasteiger partial charge is 0.259 e. The normalized spacial score (nSPS) is 10.8. The molecule has 4 heteroatoms. The number of aromatic amines is 1. The summed E-state index contributed by atoms with van der Waals surface area (Å²) in [4.78, 5) is 28.3. The van der Waals surface area contributed by atoms with Gasteiger partial charge in [-0.05, 0) is 44.4 Å². The van der Waals surface area contributed by atoms with Gasteiger partial charge in [0.15, 0.2) is 5.78 Å². The van der Waals surface area contributed by atoms with Crippen LogP contribution < -0.4 is 5.56 Å². The summed E-state index contributed by atoms with van der Waals surface area (Å²) in [6.07, 6.45) is 0. The third-order valence-electron chi connectivity index (χ3n) is 4.57. The second-order valence-corrected chi connectivity index (χ2v) is 6.65. The number of pyridine rings is 1. The number of nitrogens with one attached hydrogen (secondary N) is 1. The first-order chi connectivity index (χ1) is 12.3. The molecule has 2 N–H and O–H groups in total. The first-order valence-corrected chi connectivity index (χ1v) is 8.45. The Bertz CT molecular complexity index is 1040. The number of rotatable bonds is 3. The Balaban J connectivity index is 2.31. The van der Waals surface area contributed by atoms with Crippen molar-refractivity contribution in [3.8, 4) is 16.9 Å². The topological polar surface area (TPSA) is 70.2 Å². The SMILES string of the molecule is Cc1cc(C)c(-c2c(O)c(C(=O)c3ccccc3)c(C)[nH]c2=O)c(C)c1. The molecule has 0 amide bonds. The highest BCUT2D eigenvalue weighted by Gasteiger charge is 2.24. The van der Waals surface area contributed by atoms with Gasteiger partial charge in [0.1, 0.15) is 5.75 Å². The molecule has 0 spiro atoms. The largest absolute Gasteiger partial charge is 0.506 e. The molecule has 0 aliphatic rings. The van der Waals surface area contributed by atoms with E-state index >= 15 is 0 Å². The van der Waals surface area contributed by atoms with Crippen LogP contribution in [0.2, 0.25) is 0 Å². The van der Waals surface area contributed by atoms with E-state index in [1.54, 1.807) is 31.2 Å². The molecule has 4 nitrogen and oxygen atoms in total. The van der Waals surface area contributed by atoms with Crippen molar-refractivity contribution in [3.05, 3.63) is 86.3 Å². The summed E-state index contributed by atoms with van der Waals surface area (Å²) < 4.78 is 0. The first-order valence-electron chi connectivity index (χ1n) is 8.45. The molecule has 0 atom stereocenters. The number of aromatic hydroxyl groups is 1. The van der Waals surface area contributed by atoms with Crippen molar-refractivity contribution in [1.29, 1.82) is 0 Å². The Morgan fingerprint density at radius 2 is 1.50 bits per heavy atom. The lowest BCUT2D eigenvalue weighted by Crippen LogP contribution is -2.17. The lowest BCUT2D eigenvalue weighted by Gasteiger charge is -2.16. The third-order valence-corrected chi connectivity index (χ3v) is 4.57. The lowest BCUT2D eigenvalue weighted by atomic mass is 9.91. The van der Waals surface area contributed by atoms with Crippen molar-refractivity contribution >= 4 is 5.78 Å². The van der Waals surface area contributed by atoms with Crippen molar-refractivity contribution in [2.24, 2.45) is 0 Å². The van der Waals surface area contributed by atoms with Gasteiger partial charge in [-0.25, -0.2) is 0 Å². The summed E-state index contributed by atoms with van der Waals surface area (Å²) in [5, 5.41) is 10.9. The number of aromatic nitrogens is 1. The molecular weight excluding hydrogens is 326 g/mol. The Kier molecular flexibility index (Phi) is 4.51. The Hall–Kier alpha value is -3.14. The average Bonchev–Trinajstić information content (AvgIpc) is 2.57. The Morgan fingerprint density at radius 3 is 2.08 bits per heavy atom. The molecule has 0 unspecified atom stereocenters. The van der Waals surface area contributed by atoms with Gasteiger partial charge < -0.3 is 10.1 Å². The zero-order valence-electron chi connectivity index (χ0n) is 15.3. The van der Waals surface area contributed by atoms with E-state index in [0.29, 0.717) is 16.8 Å². The second-order valence-electron chi connectivity index (χ2n) is 6.65. The van der Waals surface area contributed by atoms with E-state index in [-0.39, 0.29) is 22.7 Å². The molecule has 3 aromatic rings. The molecule has 0 bridgehead atoms. The van der Waals surface area contributed by atoms with E-state index in [0.717, 1.165) is 16.7 Å². The van der Waals surface area contributed by atoms with Gasteiger partial charge >= 0.3 is 0 Å². The molecular formula is C22H21NO3. The molecule has 0 aliphatic heterocycles. The molecule has 0 aliphatic carbocycles. The number of carbonyl (C=O) groups excluding carboxylic acids is 1. The van der Waals surface area contributed by atoms with E-state index in [1.807, 2.05) is 39.0 Å². The van der Waals surface area contributed by atoms with Gasteiger partial charge in [0, 0.05) is 11.3 Å². The van der Waals surface area contributed by atoms with Crippen LogP contribution in [0.25, 0.3) is 11.1 Å². The zero-order valence-corrected chi connectivity index (χ0v) is 15.3. The van der Waals surface area contributed by atoms with Crippen LogP contribution in [0, 0.1) is 27.7 Å². The van der Waals surface area contributed by atoms with Gasteiger partial charge in [0.2, 0.25) is 0 Å². The summed E-state index contributed by atoms with van der Waals surface area (Å²) in [6, 6.07) is 12.6. The van der Waals surface area contributed by atoms with E-state index < -0.39 is 5.56 Å². The second kappa shape index (κ2) is 6.64. The van der Waals surface area contributed by atoms with Crippen LogP contribution in [-0.4, -0.2) is 15.9 Å².